The Labute approximate surface area is 128 Å². The van der Waals surface area contributed by atoms with Gasteiger partial charge in [0.1, 0.15) is 5.82 Å². The fraction of sp³-hybridized carbons (Fsp3) is 0.500. The number of amides is 2. The SMILES string of the molecule is O=C(NCc1ccc(F)cc1)C(=O)NCC(O)C1CCCC1. The second-order valence-electron chi connectivity index (χ2n) is 5.63. The maximum atomic E-state index is 12.7. The van der Waals surface area contributed by atoms with Gasteiger partial charge in [0, 0.05) is 13.1 Å². The molecule has 1 atom stereocenters. The second-order valence-corrected chi connectivity index (χ2v) is 5.63. The third kappa shape index (κ3) is 4.80. The molecule has 2 rings (SSSR count). The Morgan fingerprint density at radius 1 is 1.14 bits per heavy atom. The molecule has 0 aliphatic heterocycles. The van der Waals surface area contributed by atoms with Crippen LogP contribution in [0, 0.1) is 11.7 Å². The maximum absolute atomic E-state index is 12.7. The van der Waals surface area contributed by atoms with Gasteiger partial charge in [0.2, 0.25) is 0 Å². The quantitative estimate of drug-likeness (QED) is 0.713. The summed E-state index contributed by atoms with van der Waals surface area (Å²) in [4.78, 5) is 23.3. The van der Waals surface area contributed by atoms with Crippen LogP contribution >= 0.6 is 0 Å². The summed E-state index contributed by atoms with van der Waals surface area (Å²) >= 11 is 0. The number of hydrogen-bond acceptors (Lipinski definition) is 3. The van der Waals surface area contributed by atoms with Crippen molar-refractivity contribution < 1.29 is 19.1 Å². The fourth-order valence-electron chi connectivity index (χ4n) is 2.65. The van der Waals surface area contributed by atoms with Gasteiger partial charge in [0.25, 0.3) is 0 Å². The molecule has 0 spiro atoms. The number of carbonyl (C=O) groups is 2. The van der Waals surface area contributed by atoms with E-state index in [1.807, 2.05) is 0 Å². The van der Waals surface area contributed by atoms with E-state index < -0.39 is 17.9 Å². The van der Waals surface area contributed by atoms with E-state index in [1.165, 1.54) is 24.3 Å². The van der Waals surface area contributed by atoms with Gasteiger partial charge in [-0.3, -0.25) is 9.59 Å². The highest BCUT2D eigenvalue weighted by atomic mass is 19.1. The molecule has 0 bridgehead atoms. The topological polar surface area (TPSA) is 78.4 Å². The molecule has 1 unspecified atom stereocenters. The van der Waals surface area contributed by atoms with Crippen LogP contribution < -0.4 is 10.6 Å². The van der Waals surface area contributed by atoms with Crippen LogP contribution in [0.1, 0.15) is 31.2 Å². The van der Waals surface area contributed by atoms with Crippen LogP contribution in [-0.2, 0) is 16.1 Å². The van der Waals surface area contributed by atoms with E-state index in [1.54, 1.807) is 0 Å². The molecule has 1 fully saturated rings. The molecular formula is C16H21FN2O3. The van der Waals surface area contributed by atoms with Gasteiger partial charge in [-0.05, 0) is 36.5 Å². The summed E-state index contributed by atoms with van der Waals surface area (Å²) < 4.78 is 12.7. The number of benzene rings is 1. The van der Waals surface area contributed by atoms with Crippen molar-refractivity contribution in [1.82, 2.24) is 10.6 Å². The maximum Gasteiger partial charge on any atom is 0.309 e. The molecule has 0 saturated heterocycles. The molecule has 3 N–H and O–H groups in total. The zero-order chi connectivity index (χ0) is 15.9. The Bertz CT molecular complexity index is 513. The van der Waals surface area contributed by atoms with Crippen LogP contribution in [0.4, 0.5) is 4.39 Å². The van der Waals surface area contributed by atoms with E-state index in [0.29, 0.717) is 5.56 Å². The average Bonchev–Trinajstić information content (AvgIpc) is 3.06. The number of halogens is 1. The van der Waals surface area contributed by atoms with Gasteiger partial charge in [-0.25, -0.2) is 4.39 Å². The molecular weight excluding hydrogens is 287 g/mol. The van der Waals surface area contributed by atoms with E-state index >= 15 is 0 Å². The Morgan fingerprint density at radius 3 is 2.36 bits per heavy atom. The molecule has 2 amide bonds. The van der Waals surface area contributed by atoms with Crippen LogP contribution in [0.5, 0.6) is 0 Å². The summed E-state index contributed by atoms with van der Waals surface area (Å²) in [5.74, 6) is -1.67. The third-order valence-corrected chi connectivity index (χ3v) is 3.99. The first-order valence-corrected chi connectivity index (χ1v) is 7.55. The normalized spacial score (nSPS) is 16.3. The molecule has 0 radical (unpaired) electrons. The highest BCUT2D eigenvalue weighted by molar-refractivity contribution is 6.35. The number of aliphatic hydroxyl groups is 1. The van der Waals surface area contributed by atoms with Crippen LogP contribution in [0.25, 0.3) is 0 Å². The van der Waals surface area contributed by atoms with Gasteiger partial charge in [-0.2, -0.15) is 0 Å². The van der Waals surface area contributed by atoms with Gasteiger partial charge in [0.05, 0.1) is 6.10 Å². The smallest absolute Gasteiger partial charge is 0.309 e. The largest absolute Gasteiger partial charge is 0.391 e. The van der Waals surface area contributed by atoms with Gasteiger partial charge < -0.3 is 15.7 Å². The van der Waals surface area contributed by atoms with Crippen LogP contribution in [0.15, 0.2) is 24.3 Å². The molecule has 5 nitrogen and oxygen atoms in total. The van der Waals surface area contributed by atoms with Crippen LogP contribution in [0.3, 0.4) is 0 Å². The monoisotopic (exact) mass is 308 g/mol. The minimum Gasteiger partial charge on any atom is -0.391 e. The van der Waals surface area contributed by atoms with E-state index in [0.717, 1.165) is 25.7 Å². The first-order valence-electron chi connectivity index (χ1n) is 7.55. The zero-order valence-electron chi connectivity index (χ0n) is 12.3. The molecule has 22 heavy (non-hydrogen) atoms. The molecule has 1 aliphatic rings. The summed E-state index contributed by atoms with van der Waals surface area (Å²) in [6.07, 6.45) is 3.54. The van der Waals surface area contributed by atoms with Crippen molar-refractivity contribution in [3.63, 3.8) is 0 Å². The van der Waals surface area contributed by atoms with E-state index in [2.05, 4.69) is 10.6 Å². The number of hydrogen-bond donors (Lipinski definition) is 3. The van der Waals surface area contributed by atoms with Crippen molar-refractivity contribution in [2.45, 2.75) is 38.3 Å². The minimum atomic E-state index is -0.765. The van der Waals surface area contributed by atoms with Gasteiger partial charge >= 0.3 is 11.8 Å². The molecule has 1 aliphatic carbocycles. The van der Waals surface area contributed by atoms with Crippen molar-refractivity contribution in [2.75, 3.05) is 6.54 Å². The van der Waals surface area contributed by atoms with Crippen LogP contribution in [0.2, 0.25) is 0 Å². The third-order valence-electron chi connectivity index (χ3n) is 3.99. The first kappa shape index (κ1) is 16.4. The van der Waals surface area contributed by atoms with E-state index in [4.69, 9.17) is 0 Å². The average molecular weight is 308 g/mol. The molecule has 6 heteroatoms. The van der Waals surface area contributed by atoms with Crippen molar-refractivity contribution in [2.24, 2.45) is 5.92 Å². The highest BCUT2D eigenvalue weighted by Gasteiger charge is 2.24. The van der Waals surface area contributed by atoms with Crippen molar-refractivity contribution >= 4 is 11.8 Å². The summed E-state index contributed by atoms with van der Waals surface area (Å²) in [6, 6.07) is 5.66. The fourth-order valence-corrected chi connectivity index (χ4v) is 2.65. The Kier molecular flexibility index (Phi) is 5.89. The lowest BCUT2D eigenvalue weighted by Crippen LogP contribution is -2.43. The summed E-state index contributed by atoms with van der Waals surface area (Å²) in [5, 5.41) is 14.8. The minimum absolute atomic E-state index is 0.0907. The lowest BCUT2D eigenvalue weighted by atomic mass is 10.0. The number of carbonyl (C=O) groups excluding carboxylic acids is 2. The molecule has 1 saturated carbocycles. The lowest BCUT2D eigenvalue weighted by molar-refractivity contribution is -0.139. The Balaban J connectivity index is 1.70. The Hall–Kier alpha value is -1.95. The van der Waals surface area contributed by atoms with Gasteiger partial charge in [-0.15, -0.1) is 0 Å². The van der Waals surface area contributed by atoms with Crippen molar-refractivity contribution in [3.05, 3.63) is 35.6 Å². The van der Waals surface area contributed by atoms with Gasteiger partial charge in [0.15, 0.2) is 0 Å². The predicted molar refractivity (Wildman–Crippen MR) is 79.2 cm³/mol. The van der Waals surface area contributed by atoms with Gasteiger partial charge in [-0.1, -0.05) is 25.0 Å². The lowest BCUT2D eigenvalue weighted by Gasteiger charge is -2.17. The molecule has 0 aromatic heterocycles. The molecule has 1 aromatic rings. The highest BCUT2D eigenvalue weighted by Crippen LogP contribution is 2.27. The standard InChI is InChI=1S/C16H21FN2O3/c17-13-7-5-11(6-8-13)9-18-15(21)16(22)19-10-14(20)12-3-1-2-4-12/h5-8,12,14,20H,1-4,9-10H2,(H,18,21)(H,19,22). The number of aliphatic hydroxyl groups excluding tert-OH is 1. The number of rotatable bonds is 5. The molecule has 1 aromatic carbocycles. The number of nitrogens with one attached hydrogen (secondary N) is 2. The summed E-state index contributed by atoms with van der Waals surface area (Å²) in [6.45, 7) is 0.241. The van der Waals surface area contributed by atoms with Crippen molar-refractivity contribution in [1.29, 1.82) is 0 Å². The zero-order valence-corrected chi connectivity index (χ0v) is 12.3. The second kappa shape index (κ2) is 7.89. The first-order chi connectivity index (χ1) is 10.6. The summed E-state index contributed by atoms with van der Waals surface area (Å²) in [7, 11) is 0. The molecule has 0 heterocycles. The van der Waals surface area contributed by atoms with E-state index in [9.17, 15) is 19.1 Å². The van der Waals surface area contributed by atoms with E-state index in [-0.39, 0.29) is 24.8 Å². The summed E-state index contributed by atoms with van der Waals surface area (Å²) in [5.41, 5.74) is 0.702. The predicted octanol–water partition coefficient (Wildman–Crippen LogP) is 1.11. The Morgan fingerprint density at radius 2 is 1.73 bits per heavy atom. The van der Waals surface area contributed by atoms with Crippen LogP contribution in [-0.4, -0.2) is 29.6 Å². The van der Waals surface area contributed by atoms with Crippen molar-refractivity contribution in [3.8, 4) is 0 Å². The molecule has 120 valence electrons.